The summed E-state index contributed by atoms with van der Waals surface area (Å²) >= 11 is 0. The number of rotatable bonds is 66. The lowest BCUT2D eigenvalue weighted by atomic mass is 9.85. The molecule has 0 aromatic carbocycles. The van der Waals surface area contributed by atoms with Gasteiger partial charge in [-0.3, -0.25) is 0 Å². The summed E-state index contributed by atoms with van der Waals surface area (Å²) in [5.41, 5.74) is 0. The summed E-state index contributed by atoms with van der Waals surface area (Å²) in [5, 5.41) is 0. The second-order valence-corrected chi connectivity index (χ2v) is 33.9. The molecule has 0 aromatic heterocycles. The van der Waals surface area contributed by atoms with Crippen LogP contribution in [-0.2, 0) is 0 Å². The Hall–Kier alpha value is -0.520. The Morgan fingerprint density at radius 2 is 0.348 bits per heavy atom. The zero-order valence-corrected chi connectivity index (χ0v) is 68.8. The Balaban J connectivity index is -0.000000561. The SMILES string of the molecule is CCCCC/C=C/CC(CCCCCCCCC(C)C)C(C)C.CCCCC/C=C/CCC(CCCCCCCC(C)C)C(C)C.CCCCCCCCC(CCCCCCCCC(C)C)C(C)C.CCCCCCCCCC(CCCCCCCC(C)C)C(C)C. The van der Waals surface area contributed by atoms with Crippen molar-refractivity contribution in [3.8, 4) is 0 Å². The topological polar surface area (TPSA) is 0 Å². The molecule has 556 valence electrons. The summed E-state index contributed by atoms with van der Waals surface area (Å²) in [7, 11) is 0. The summed E-state index contributed by atoms with van der Waals surface area (Å²) in [4.78, 5) is 0. The molecule has 0 aliphatic carbocycles. The van der Waals surface area contributed by atoms with Crippen LogP contribution in [0.15, 0.2) is 24.3 Å². The Bertz CT molecular complexity index is 1340. The number of allylic oxidation sites excluding steroid dienone is 4. The fourth-order valence-electron chi connectivity index (χ4n) is 14.0. The van der Waals surface area contributed by atoms with Crippen molar-refractivity contribution in [3.05, 3.63) is 24.3 Å². The average molecular weight is 1290 g/mol. The molecule has 0 aliphatic rings. The lowest BCUT2D eigenvalue weighted by molar-refractivity contribution is 0.312. The first-order chi connectivity index (χ1) is 44.3. The summed E-state index contributed by atoms with van der Waals surface area (Å²) < 4.78 is 0. The molecule has 0 aliphatic heterocycles. The van der Waals surface area contributed by atoms with Crippen LogP contribution >= 0.6 is 0 Å². The van der Waals surface area contributed by atoms with Gasteiger partial charge in [-0.25, -0.2) is 0 Å². The predicted molar refractivity (Wildman–Crippen MR) is 432 cm³/mol. The van der Waals surface area contributed by atoms with E-state index in [1.165, 1.54) is 360 Å². The van der Waals surface area contributed by atoms with E-state index < -0.39 is 0 Å². The highest BCUT2D eigenvalue weighted by molar-refractivity contribution is 4.85. The zero-order valence-electron chi connectivity index (χ0n) is 68.8. The Kier molecular flexibility index (Phi) is 84.5. The molecule has 0 heteroatoms. The first-order valence-electron chi connectivity index (χ1n) is 43.6. The van der Waals surface area contributed by atoms with Crippen LogP contribution < -0.4 is 0 Å². The third-order valence-electron chi connectivity index (χ3n) is 21.2. The minimum atomic E-state index is 0.835. The molecule has 0 spiro atoms. The quantitative estimate of drug-likeness (QED) is 0.0421. The van der Waals surface area contributed by atoms with Gasteiger partial charge in [-0.2, -0.15) is 0 Å². The average Bonchev–Trinajstić information content (AvgIpc) is 3.70. The minimum Gasteiger partial charge on any atom is -0.0885 e. The molecule has 0 aromatic rings. The van der Waals surface area contributed by atoms with Crippen molar-refractivity contribution in [1.29, 1.82) is 0 Å². The van der Waals surface area contributed by atoms with Crippen LogP contribution in [0.2, 0.25) is 0 Å². The predicted octanol–water partition coefficient (Wildman–Crippen LogP) is 34.7. The molecule has 92 heavy (non-hydrogen) atoms. The molecule has 0 saturated carbocycles. The van der Waals surface area contributed by atoms with E-state index >= 15 is 0 Å². The van der Waals surface area contributed by atoms with E-state index in [9.17, 15) is 0 Å². The fourth-order valence-corrected chi connectivity index (χ4v) is 14.0. The molecule has 0 N–H and O–H groups in total. The lowest BCUT2D eigenvalue weighted by Crippen LogP contribution is -2.08. The van der Waals surface area contributed by atoms with Crippen LogP contribution in [-0.4, -0.2) is 0 Å². The molecule has 0 rings (SSSR count). The largest absolute Gasteiger partial charge is 0.0885 e. The maximum absolute atomic E-state index is 2.46. The van der Waals surface area contributed by atoms with E-state index in [2.05, 4.69) is 163 Å². The van der Waals surface area contributed by atoms with Gasteiger partial charge in [0.05, 0.1) is 0 Å². The molecular formula is C92H188. The van der Waals surface area contributed by atoms with Crippen LogP contribution in [0.4, 0.5) is 0 Å². The van der Waals surface area contributed by atoms with E-state index in [0.717, 1.165) is 71.0 Å². The van der Waals surface area contributed by atoms with Gasteiger partial charge in [0.25, 0.3) is 0 Å². The normalized spacial score (nSPS) is 13.3. The smallest absolute Gasteiger partial charge is 0.0320 e. The van der Waals surface area contributed by atoms with E-state index in [4.69, 9.17) is 0 Å². The molecule has 0 nitrogen and oxygen atoms in total. The van der Waals surface area contributed by atoms with Gasteiger partial charge >= 0.3 is 0 Å². The van der Waals surface area contributed by atoms with Crippen LogP contribution in [0.3, 0.4) is 0 Å². The second-order valence-electron chi connectivity index (χ2n) is 33.9. The summed E-state index contributed by atoms with van der Waals surface area (Å²) in [6, 6.07) is 0. The molecule has 0 saturated heterocycles. The minimum absolute atomic E-state index is 0.835. The number of unbranched alkanes of at least 4 members (excludes halogenated alkanes) is 35. The number of hydrogen-bond acceptors (Lipinski definition) is 0. The third-order valence-corrected chi connectivity index (χ3v) is 21.2. The second kappa shape index (κ2) is 79.5. The van der Waals surface area contributed by atoms with Crippen molar-refractivity contribution in [2.24, 2.45) is 71.0 Å². The van der Waals surface area contributed by atoms with Crippen LogP contribution in [0.25, 0.3) is 0 Å². The Morgan fingerprint density at radius 1 is 0.163 bits per heavy atom. The van der Waals surface area contributed by atoms with Gasteiger partial charge in [0.15, 0.2) is 0 Å². The molecule has 0 amide bonds. The third kappa shape index (κ3) is 83.7. The van der Waals surface area contributed by atoms with Crippen LogP contribution in [0, 0.1) is 71.0 Å². The van der Waals surface area contributed by atoms with Gasteiger partial charge in [-0.1, -0.05) is 471 Å². The van der Waals surface area contributed by atoms with Crippen molar-refractivity contribution in [2.45, 2.75) is 498 Å². The highest BCUT2D eigenvalue weighted by atomic mass is 14.2. The highest BCUT2D eigenvalue weighted by Crippen LogP contribution is 2.29. The van der Waals surface area contributed by atoms with Crippen molar-refractivity contribution in [1.82, 2.24) is 0 Å². The molecule has 0 fully saturated rings. The molecular weight excluding hydrogens is 1110 g/mol. The van der Waals surface area contributed by atoms with Gasteiger partial charge < -0.3 is 0 Å². The molecule has 0 radical (unpaired) electrons. The van der Waals surface area contributed by atoms with E-state index in [0.29, 0.717) is 0 Å². The molecule has 4 unspecified atom stereocenters. The van der Waals surface area contributed by atoms with Crippen molar-refractivity contribution in [3.63, 3.8) is 0 Å². The first kappa shape index (κ1) is 97.9. The summed E-state index contributed by atoms with van der Waals surface area (Å²) in [6.45, 7) is 47.3. The molecule has 0 heterocycles. The van der Waals surface area contributed by atoms with Gasteiger partial charge in [0.1, 0.15) is 0 Å². The fraction of sp³-hybridized carbons (Fsp3) is 0.957. The highest BCUT2D eigenvalue weighted by Gasteiger charge is 2.16. The van der Waals surface area contributed by atoms with Crippen molar-refractivity contribution >= 4 is 0 Å². The standard InChI is InChI=1S/C23H48.C23H46.C23H48.C23H46/c2*1-6-7-8-9-13-16-19-23(22(4)5)20-17-14-11-10-12-15-18-21(2)3;2*1-6-7-8-9-10-13-16-19-23(22(4)5)20-17-14-11-12-15-18-21(2)3/h21-23H,6-20H2,1-5H3;13,16,21-23H,6-12,14-15,17-20H2,1-5H3;21-23H,6-20H2,1-5H3;10,13,21-23H,6-9,11-12,14-20H2,1-5H3/b;16-13+;;13-10+. The van der Waals surface area contributed by atoms with Gasteiger partial charge in [-0.05, 0) is 122 Å². The molecule has 0 bridgehead atoms. The number of hydrogen-bond donors (Lipinski definition) is 0. The Labute approximate surface area is 590 Å². The Morgan fingerprint density at radius 3 is 0.587 bits per heavy atom. The summed E-state index contributed by atoms with van der Waals surface area (Å²) in [6.07, 6.45) is 89.9. The summed E-state index contributed by atoms with van der Waals surface area (Å²) in [5.74, 6) is 10.8. The van der Waals surface area contributed by atoms with Crippen LogP contribution in [0.1, 0.15) is 498 Å². The monoisotopic (exact) mass is 1290 g/mol. The van der Waals surface area contributed by atoms with E-state index in [-0.39, 0.29) is 0 Å². The lowest BCUT2D eigenvalue weighted by Gasteiger charge is -2.21. The van der Waals surface area contributed by atoms with Gasteiger partial charge in [-0.15, -0.1) is 0 Å². The van der Waals surface area contributed by atoms with E-state index in [1.54, 1.807) is 0 Å². The first-order valence-corrected chi connectivity index (χ1v) is 43.6. The van der Waals surface area contributed by atoms with Crippen LogP contribution in [0.5, 0.6) is 0 Å². The van der Waals surface area contributed by atoms with E-state index in [1.807, 2.05) is 0 Å². The van der Waals surface area contributed by atoms with Crippen molar-refractivity contribution in [2.75, 3.05) is 0 Å². The van der Waals surface area contributed by atoms with Gasteiger partial charge in [0.2, 0.25) is 0 Å². The molecule has 4 atom stereocenters. The zero-order chi connectivity index (χ0) is 69.4. The van der Waals surface area contributed by atoms with Crippen molar-refractivity contribution < 1.29 is 0 Å². The maximum atomic E-state index is 2.46. The maximum Gasteiger partial charge on any atom is -0.0320 e. The van der Waals surface area contributed by atoms with Gasteiger partial charge in [0, 0.05) is 0 Å².